The van der Waals surface area contributed by atoms with Crippen LogP contribution in [0.5, 0.6) is 0 Å². The van der Waals surface area contributed by atoms with Gasteiger partial charge in [0.15, 0.2) is 0 Å². The molecule has 2 aromatic carbocycles. The van der Waals surface area contributed by atoms with E-state index in [0.717, 1.165) is 24.1 Å². The van der Waals surface area contributed by atoms with E-state index in [1.807, 2.05) is 20.8 Å². The van der Waals surface area contributed by atoms with Crippen LogP contribution in [0.1, 0.15) is 20.8 Å². The molecular formula is C23H29IN4O2S. The SMILES string of the molecule is CN(C)c1ccc2c(c1)=S(I)c1cc(N3CCN(C(=O)OC(C)(C)C)CC3)ccc1N=2. The lowest BCUT2D eigenvalue weighted by molar-refractivity contribution is 0.0240. The van der Waals surface area contributed by atoms with Crippen LogP contribution in [0.4, 0.5) is 21.9 Å². The highest BCUT2D eigenvalue weighted by Crippen LogP contribution is 2.46. The summed E-state index contributed by atoms with van der Waals surface area (Å²) in [4.78, 5) is 24.8. The Balaban J connectivity index is 1.55. The molecule has 8 heteroatoms. The molecule has 0 aromatic heterocycles. The maximum Gasteiger partial charge on any atom is 0.410 e. The van der Waals surface area contributed by atoms with Crippen molar-refractivity contribution >= 4 is 52.0 Å². The van der Waals surface area contributed by atoms with Gasteiger partial charge in [0.1, 0.15) is 5.60 Å². The van der Waals surface area contributed by atoms with Crippen LogP contribution in [0.15, 0.2) is 46.3 Å². The zero-order valence-electron chi connectivity index (χ0n) is 18.7. The van der Waals surface area contributed by atoms with Gasteiger partial charge < -0.3 is 19.4 Å². The van der Waals surface area contributed by atoms with Crippen molar-refractivity contribution in [2.75, 3.05) is 50.1 Å². The van der Waals surface area contributed by atoms with Crippen molar-refractivity contribution in [3.8, 4) is 0 Å². The Hall–Kier alpha value is -1.81. The number of halogens is 1. The Morgan fingerprint density at radius 2 is 1.81 bits per heavy atom. The number of benzene rings is 2. The summed E-state index contributed by atoms with van der Waals surface area (Å²) in [5.74, 6) is 0. The molecule has 2 aromatic rings. The van der Waals surface area contributed by atoms with E-state index in [1.54, 1.807) is 4.90 Å². The first-order valence-corrected chi connectivity index (χ1v) is 14.2. The molecule has 0 radical (unpaired) electrons. The number of hydrogen-bond donors (Lipinski definition) is 0. The number of piperazine rings is 1. The Kier molecular flexibility index (Phi) is 6.22. The van der Waals surface area contributed by atoms with Crippen molar-refractivity contribution in [1.29, 1.82) is 0 Å². The van der Waals surface area contributed by atoms with Crippen LogP contribution in [0.2, 0.25) is 0 Å². The van der Waals surface area contributed by atoms with E-state index in [1.165, 1.54) is 20.8 Å². The second-order valence-electron chi connectivity index (χ2n) is 9.02. The molecule has 2 aliphatic heterocycles. The molecule has 0 N–H and O–H groups in total. The highest BCUT2D eigenvalue weighted by molar-refractivity contribution is 14.2. The number of nitrogens with zero attached hydrogens (tertiary/aromatic N) is 4. The van der Waals surface area contributed by atoms with E-state index in [2.05, 4.69) is 81.5 Å². The first-order chi connectivity index (χ1) is 14.6. The predicted octanol–water partition coefficient (Wildman–Crippen LogP) is 5.00. The van der Waals surface area contributed by atoms with Gasteiger partial charge in [-0.15, -0.1) is 0 Å². The van der Waals surface area contributed by atoms with Crippen molar-refractivity contribution in [3.63, 3.8) is 0 Å². The van der Waals surface area contributed by atoms with E-state index < -0.39 is 5.60 Å². The first kappa shape index (κ1) is 22.4. The monoisotopic (exact) mass is 552 g/mol. The zero-order chi connectivity index (χ0) is 22.3. The average Bonchev–Trinajstić information content (AvgIpc) is 2.72. The number of anilines is 2. The van der Waals surface area contributed by atoms with Gasteiger partial charge in [0, 0.05) is 61.1 Å². The quantitative estimate of drug-likeness (QED) is 0.389. The fraction of sp³-hybridized carbons (Fsp3) is 0.435. The highest BCUT2D eigenvalue weighted by Gasteiger charge is 2.26. The molecule has 0 saturated carbocycles. The van der Waals surface area contributed by atoms with Crippen molar-refractivity contribution < 1.29 is 9.53 Å². The van der Waals surface area contributed by atoms with Crippen LogP contribution in [-0.2, 0) is 4.74 Å². The van der Waals surface area contributed by atoms with Gasteiger partial charge in [0.05, 0.1) is 11.0 Å². The van der Waals surface area contributed by atoms with Crippen LogP contribution < -0.4 is 15.2 Å². The third-order valence-corrected chi connectivity index (χ3v) is 9.60. The summed E-state index contributed by atoms with van der Waals surface area (Å²) in [5, 5.41) is 1.06. The number of carbonyl (C=O) groups is 1. The van der Waals surface area contributed by atoms with Gasteiger partial charge in [-0.1, -0.05) is 7.66 Å². The third kappa shape index (κ3) is 4.84. The Labute approximate surface area is 198 Å². The molecule has 1 saturated heterocycles. The first-order valence-electron chi connectivity index (χ1n) is 10.4. The third-order valence-electron chi connectivity index (χ3n) is 5.33. The number of ether oxygens (including phenoxy) is 1. The number of fused-ring (bicyclic) bond motifs is 2. The largest absolute Gasteiger partial charge is 0.444 e. The predicted molar refractivity (Wildman–Crippen MR) is 137 cm³/mol. The molecule has 1 unspecified atom stereocenters. The van der Waals surface area contributed by atoms with E-state index in [0.29, 0.717) is 13.1 Å². The van der Waals surface area contributed by atoms with Gasteiger partial charge in [0.2, 0.25) is 0 Å². The number of rotatable bonds is 2. The lowest BCUT2D eigenvalue weighted by Crippen LogP contribution is -2.50. The molecule has 0 bridgehead atoms. The summed E-state index contributed by atoms with van der Waals surface area (Å²) in [6, 6.07) is 13.1. The molecule has 2 aliphatic rings. The Morgan fingerprint density at radius 3 is 2.45 bits per heavy atom. The molecule has 4 rings (SSSR count). The zero-order valence-corrected chi connectivity index (χ0v) is 21.7. The molecule has 166 valence electrons. The molecule has 2 heterocycles. The molecule has 6 nitrogen and oxygen atoms in total. The molecular weight excluding hydrogens is 523 g/mol. The summed E-state index contributed by atoms with van der Waals surface area (Å²) in [6.45, 7) is 8.64. The smallest absolute Gasteiger partial charge is 0.410 e. The minimum Gasteiger partial charge on any atom is -0.444 e. The van der Waals surface area contributed by atoms with Gasteiger partial charge in [-0.05, 0) is 78.4 Å². The van der Waals surface area contributed by atoms with Crippen LogP contribution in [0, 0.1) is 4.51 Å². The number of amides is 1. The molecule has 31 heavy (non-hydrogen) atoms. The number of hydrogen-bond acceptors (Lipinski definition) is 5. The number of carbonyl (C=O) groups excluding carboxylic acids is 1. The van der Waals surface area contributed by atoms with Crippen molar-refractivity contribution in [3.05, 3.63) is 46.3 Å². The van der Waals surface area contributed by atoms with Crippen LogP contribution >= 0.6 is 28.9 Å². The fourth-order valence-electron chi connectivity index (χ4n) is 3.67. The molecule has 0 aliphatic carbocycles. The van der Waals surface area contributed by atoms with Gasteiger partial charge in [-0.2, -0.15) is 0 Å². The molecule has 1 fully saturated rings. The summed E-state index contributed by atoms with van der Waals surface area (Å²) >= 11 is 2.55. The van der Waals surface area contributed by atoms with Crippen LogP contribution in [0.25, 0.3) is 0 Å². The van der Waals surface area contributed by atoms with Crippen LogP contribution in [0.3, 0.4) is 0 Å². The maximum absolute atomic E-state index is 12.4. The van der Waals surface area contributed by atoms with E-state index in [-0.39, 0.29) is 13.7 Å². The second kappa shape index (κ2) is 8.61. The Morgan fingerprint density at radius 1 is 1.10 bits per heavy atom. The van der Waals surface area contributed by atoms with E-state index in [4.69, 9.17) is 9.73 Å². The Bertz CT molecular complexity index is 1140. The molecule has 1 atom stereocenters. The van der Waals surface area contributed by atoms with Crippen LogP contribution in [-0.4, -0.2) is 56.9 Å². The minimum atomic E-state index is -0.463. The summed E-state index contributed by atoms with van der Waals surface area (Å²) in [7, 11) is 4.06. The van der Waals surface area contributed by atoms with Gasteiger partial charge in [-0.3, -0.25) is 0 Å². The normalized spacial score (nSPS) is 18.1. The van der Waals surface area contributed by atoms with Crippen molar-refractivity contribution in [2.45, 2.75) is 31.3 Å². The molecule has 0 spiro atoms. The topological polar surface area (TPSA) is 48.4 Å². The van der Waals surface area contributed by atoms with E-state index >= 15 is 0 Å². The van der Waals surface area contributed by atoms with Gasteiger partial charge in [-0.25, -0.2) is 9.79 Å². The summed E-state index contributed by atoms with van der Waals surface area (Å²) in [5.41, 5.74) is 2.98. The standard InChI is InChI=1S/C23H29IN4O2S/c1-23(2,3)30-22(29)28-12-10-27(11-13-28)17-7-9-19-21(15-17)31(24)20-14-16(26(4)5)6-8-18(20)25-19/h6-9,14-15H,10-13H2,1-5H3. The van der Waals surface area contributed by atoms with Crippen molar-refractivity contribution in [1.82, 2.24) is 4.90 Å². The van der Waals surface area contributed by atoms with E-state index in [9.17, 15) is 4.79 Å². The molecule has 1 amide bonds. The van der Waals surface area contributed by atoms with Gasteiger partial charge in [0.25, 0.3) is 0 Å². The second-order valence-corrected chi connectivity index (χ2v) is 13.1. The average molecular weight is 552 g/mol. The summed E-state index contributed by atoms with van der Waals surface area (Å²) in [6.07, 6.45) is -0.224. The minimum absolute atomic E-state index is 0.0690. The lowest BCUT2D eigenvalue weighted by atomic mass is 10.2. The maximum atomic E-state index is 12.4. The summed E-state index contributed by atoms with van der Waals surface area (Å²) < 4.78 is 6.80. The fourth-order valence-corrected chi connectivity index (χ4v) is 7.07. The highest BCUT2D eigenvalue weighted by atomic mass is 127. The van der Waals surface area contributed by atoms with Crippen molar-refractivity contribution in [2.24, 2.45) is 4.99 Å². The lowest BCUT2D eigenvalue weighted by Gasteiger charge is -2.37. The van der Waals surface area contributed by atoms with Gasteiger partial charge >= 0.3 is 6.09 Å².